The quantitative estimate of drug-likeness (QED) is 0.621. The molecule has 7 nitrogen and oxygen atoms in total. The van der Waals surface area contributed by atoms with Crippen LogP contribution in [0.3, 0.4) is 0 Å². The second-order valence-corrected chi connectivity index (χ2v) is 6.18. The van der Waals surface area contributed by atoms with Gasteiger partial charge in [-0.05, 0) is 49.6 Å². The van der Waals surface area contributed by atoms with Crippen molar-refractivity contribution >= 4 is 35.9 Å². The molecule has 0 radical (unpaired) electrons. The van der Waals surface area contributed by atoms with E-state index in [-0.39, 0.29) is 55.0 Å². The van der Waals surface area contributed by atoms with Gasteiger partial charge in [-0.1, -0.05) is 6.42 Å². The van der Waals surface area contributed by atoms with Gasteiger partial charge in [0.05, 0.1) is 13.5 Å². The highest BCUT2D eigenvalue weighted by Crippen LogP contribution is 2.31. The first-order valence-corrected chi connectivity index (χ1v) is 8.51. The number of carbonyl (C=O) groups is 3. The second-order valence-electron chi connectivity index (χ2n) is 6.18. The lowest BCUT2D eigenvalue weighted by Gasteiger charge is -2.17. The van der Waals surface area contributed by atoms with Crippen LogP contribution in [-0.2, 0) is 14.3 Å². The lowest BCUT2D eigenvalue weighted by atomic mass is 9.95. The van der Waals surface area contributed by atoms with E-state index in [1.54, 1.807) is 24.3 Å². The Hall–Kier alpha value is -2.12. The molecule has 2 atom stereocenters. The van der Waals surface area contributed by atoms with Crippen molar-refractivity contribution in [2.45, 2.75) is 25.7 Å². The first-order valence-electron chi connectivity index (χ1n) is 8.51. The molecule has 4 N–H and O–H groups in total. The average Bonchev–Trinajstić information content (AvgIpc) is 3.11. The summed E-state index contributed by atoms with van der Waals surface area (Å²) in [6.07, 6.45) is 3.03. The summed E-state index contributed by atoms with van der Waals surface area (Å²) in [6.45, 7) is 0.745. The maximum Gasteiger partial charge on any atom is 0.307 e. The fourth-order valence-electron chi connectivity index (χ4n) is 3.09. The molecule has 0 aromatic heterocycles. The van der Waals surface area contributed by atoms with Crippen molar-refractivity contribution in [2.24, 2.45) is 17.6 Å². The van der Waals surface area contributed by atoms with Crippen molar-refractivity contribution in [1.82, 2.24) is 5.32 Å². The van der Waals surface area contributed by atoms with Crippen molar-refractivity contribution < 1.29 is 19.1 Å². The number of nitrogens with one attached hydrogen (secondary N) is 2. The van der Waals surface area contributed by atoms with Gasteiger partial charge >= 0.3 is 5.97 Å². The minimum absolute atomic E-state index is 0. The molecule has 144 valence electrons. The van der Waals surface area contributed by atoms with Gasteiger partial charge < -0.3 is 21.1 Å². The molecule has 0 bridgehead atoms. The summed E-state index contributed by atoms with van der Waals surface area (Å²) in [6, 6.07) is 6.66. The minimum atomic E-state index is -0.374. The predicted octanol–water partition coefficient (Wildman–Crippen LogP) is 1.71. The van der Waals surface area contributed by atoms with E-state index in [1.807, 2.05) is 0 Å². The van der Waals surface area contributed by atoms with Gasteiger partial charge in [0.15, 0.2) is 0 Å². The minimum Gasteiger partial charge on any atom is -0.469 e. The molecule has 2 amide bonds. The van der Waals surface area contributed by atoms with E-state index in [1.165, 1.54) is 7.11 Å². The summed E-state index contributed by atoms with van der Waals surface area (Å²) in [7, 11) is 1.30. The molecule has 1 aromatic rings. The molecular weight excluding hydrogens is 358 g/mol. The first kappa shape index (κ1) is 21.9. The smallest absolute Gasteiger partial charge is 0.307 e. The lowest BCUT2D eigenvalue weighted by Crippen LogP contribution is -2.29. The number of hydrogen-bond acceptors (Lipinski definition) is 5. The highest BCUT2D eigenvalue weighted by atomic mass is 35.5. The molecule has 1 aliphatic rings. The van der Waals surface area contributed by atoms with Gasteiger partial charge in [0.1, 0.15) is 0 Å². The maximum absolute atomic E-state index is 12.3. The Morgan fingerprint density at radius 1 is 1.19 bits per heavy atom. The normalized spacial score (nSPS) is 18.5. The Labute approximate surface area is 159 Å². The number of anilines is 1. The van der Waals surface area contributed by atoms with Crippen LogP contribution in [0.25, 0.3) is 0 Å². The van der Waals surface area contributed by atoms with Gasteiger partial charge in [0.2, 0.25) is 5.91 Å². The molecule has 0 heterocycles. The van der Waals surface area contributed by atoms with Crippen molar-refractivity contribution in [3.8, 4) is 0 Å². The van der Waals surface area contributed by atoms with E-state index in [0.717, 1.165) is 19.3 Å². The fraction of sp³-hybridized carbons (Fsp3) is 0.500. The van der Waals surface area contributed by atoms with Crippen LogP contribution in [0.5, 0.6) is 0 Å². The average molecular weight is 384 g/mol. The number of carbonyl (C=O) groups excluding carboxylic acids is 3. The molecule has 0 saturated heterocycles. The Morgan fingerprint density at radius 3 is 2.50 bits per heavy atom. The van der Waals surface area contributed by atoms with Crippen molar-refractivity contribution in [3.63, 3.8) is 0 Å². The standard InChI is InChI=1S/C18H25N3O4.ClH/c1-25-16(22)9-10-20-17(23)12-5-7-14(8-6-12)21-18(24)15-4-2-3-13(15)11-19;/h5-8,13,15H,2-4,9-11,19H2,1H3,(H,20,23)(H,21,24);1H/t13-,15-;/m1./s1. The molecule has 0 aliphatic heterocycles. The van der Waals surface area contributed by atoms with E-state index in [0.29, 0.717) is 17.8 Å². The third kappa shape index (κ3) is 6.00. The van der Waals surface area contributed by atoms with E-state index >= 15 is 0 Å². The van der Waals surface area contributed by atoms with Crippen LogP contribution in [0.4, 0.5) is 5.69 Å². The number of ether oxygens (including phenoxy) is 1. The lowest BCUT2D eigenvalue weighted by molar-refractivity contribution is -0.140. The number of amides is 2. The molecule has 26 heavy (non-hydrogen) atoms. The van der Waals surface area contributed by atoms with Gasteiger partial charge in [-0.15, -0.1) is 12.4 Å². The monoisotopic (exact) mass is 383 g/mol. The molecule has 0 spiro atoms. The zero-order valence-electron chi connectivity index (χ0n) is 14.8. The van der Waals surface area contributed by atoms with Crippen molar-refractivity contribution in [2.75, 3.05) is 25.5 Å². The Kier molecular flexibility index (Phi) is 9.09. The third-order valence-electron chi connectivity index (χ3n) is 4.56. The highest BCUT2D eigenvalue weighted by Gasteiger charge is 2.31. The maximum atomic E-state index is 12.3. The number of esters is 1. The van der Waals surface area contributed by atoms with E-state index in [2.05, 4.69) is 15.4 Å². The number of hydrogen-bond donors (Lipinski definition) is 3. The predicted molar refractivity (Wildman–Crippen MR) is 101 cm³/mol. The number of methoxy groups -OCH3 is 1. The largest absolute Gasteiger partial charge is 0.469 e. The molecule has 1 aliphatic carbocycles. The molecule has 8 heteroatoms. The van der Waals surface area contributed by atoms with E-state index in [4.69, 9.17) is 5.73 Å². The zero-order valence-corrected chi connectivity index (χ0v) is 15.6. The molecule has 1 saturated carbocycles. The van der Waals surface area contributed by atoms with Crippen LogP contribution >= 0.6 is 12.4 Å². The first-order chi connectivity index (χ1) is 12.0. The summed E-state index contributed by atoms with van der Waals surface area (Å²) >= 11 is 0. The van der Waals surface area contributed by atoms with Crippen molar-refractivity contribution in [3.05, 3.63) is 29.8 Å². The number of benzene rings is 1. The van der Waals surface area contributed by atoms with Crippen LogP contribution in [0.1, 0.15) is 36.0 Å². The van der Waals surface area contributed by atoms with Gasteiger partial charge in [0.25, 0.3) is 5.91 Å². The molecule has 0 unspecified atom stereocenters. The van der Waals surface area contributed by atoms with Gasteiger partial charge in [0, 0.05) is 23.7 Å². The molecule has 1 aromatic carbocycles. The Morgan fingerprint density at radius 2 is 1.88 bits per heavy atom. The van der Waals surface area contributed by atoms with Crippen LogP contribution in [0.15, 0.2) is 24.3 Å². The number of rotatable bonds is 7. The summed E-state index contributed by atoms with van der Waals surface area (Å²) < 4.78 is 4.51. The van der Waals surface area contributed by atoms with Crippen molar-refractivity contribution in [1.29, 1.82) is 0 Å². The number of halogens is 1. The van der Waals surface area contributed by atoms with Gasteiger partial charge in [-0.2, -0.15) is 0 Å². The van der Waals surface area contributed by atoms with Crippen LogP contribution in [0, 0.1) is 11.8 Å². The second kappa shape index (κ2) is 10.8. The van der Waals surface area contributed by atoms with E-state index in [9.17, 15) is 14.4 Å². The Bertz CT molecular complexity index is 621. The number of nitrogens with two attached hydrogens (primary N) is 1. The van der Waals surface area contributed by atoms with Crippen LogP contribution < -0.4 is 16.4 Å². The van der Waals surface area contributed by atoms with E-state index < -0.39 is 0 Å². The highest BCUT2D eigenvalue weighted by molar-refractivity contribution is 5.96. The fourth-order valence-corrected chi connectivity index (χ4v) is 3.09. The molecule has 2 rings (SSSR count). The van der Waals surface area contributed by atoms with Gasteiger partial charge in [-0.3, -0.25) is 14.4 Å². The SMILES string of the molecule is COC(=O)CCNC(=O)c1ccc(NC(=O)[C@@H]2CCC[C@@H]2CN)cc1.Cl. The third-order valence-corrected chi connectivity index (χ3v) is 4.56. The topological polar surface area (TPSA) is 111 Å². The Balaban J connectivity index is 0.00000338. The summed E-state index contributed by atoms with van der Waals surface area (Å²) in [5.74, 6) is -0.448. The van der Waals surface area contributed by atoms with Gasteiger partial charge in [-0.25, -0.2) is 0 Å². The van der Waals surface area contributed by atoms with Crippen LogP contribution in [0.2, 0.25) is 0 Å². The molecular formula is C18H26ClN3O4. The van der Waals surface area contributed by atoms with Crippen LogP contribution in [-0.4, -0.2) is 38.0 Å². The zero-order chi connectivity index (χ0) is 18.2. The summed E-state index contributed by atoms with van der Waals surface area (Å²) in [4.78, 5) is 35.3. The molecule has 1 fully saturated rings. The summed E-state index contributed by atoms with van der Waals surface area (Å²) in [5, 5.41) is 5.53. The summed E-state index contributed by atoms with van der Waals surface area (Å²) in [5.41, 5.74) is 6.84.